The molecule has 1 aliphatic heterocycles. The van der Waals surface area contributed by atoms with Gasteiger partial charge in [0.15, 0.2) is 0 Å². The Hall–Kier alpha value is -2.72. The van der Waals surface area contributed by atoms with E-state index < -0.39 is 15.9 Å². The summed E-state index contributed by atoms with van der Waals surface area (Å²) >= 11 is 0. The summed E-state index contributed by atoms with van der Waals surface area (Å²) in [6, 6.07) is 5.14. The van der Waals surface area contributed by atoms with Crippen LogP contribution in [-0.2, 0) is 26.2 Å². The molecule has 2 amide bonds. The minimum Gasteiger partial charge on any atom is -0.343 e. The van der Waals surface area contributed by atoms with E-state index in [0.29, 0.717) is 11.9 Å². The van der Waals surface area contributed by atoms with E-state index >= 15 is 0 Å². The lowest BCUT2D eigenvalue weighted by atomic mass is 10.2. The lowest BCUT2D eigenvalue weighted by Gasteiger charge is -2.34. The van der Waals surface area contributed by atoms with E-state index in [1.807, 2.05) is 13.0 Å². The molecular weight excluding hydrogens is 382 g/mol. The van der Waals surface area contributed by atoms with Crippen LogP contribution in [0.2, 0.25) is 0 Å². The van der Waals surface area contributed by atoms with E-state index in [9.17, 15) is 18.0 Å². The number of hydrogen-bond donors (Lipinski definition) is 1. The SMILES string of the molecule is C=CC(=O)NCC(=O)N1CCN(S(=O)(=O)c2cccc3c2cnn3CC)CC1. The molecule has 1 aromatic heterocycles. The van der Waals surface area contributed by atoms with Gasteiger partial charge < -0.3 is 10.2 Å². The van der Waals surface area contributed by atoms with Crippen LogP contribution in [0.15, 0.2) is 41.9 Å². The highest BCUT2D eigenvalue weighted by Crippen LogP contribution is 2.26. The van der Waals surface area contributed by atoms with E-state index in [-0.39, 0.29) is 43.5 Å². The molecule has 0 radical (unpaired) electrons. The number of aromatic nitrogens is 2. The van der Waals surface area contributed by atoms with E-state index in [1.54, 1.807) is 27.9 Å². The van der Waals surface area contributed by atoms with Gasteiger partial charge in [0.05, 0.1) is 23.2 Å². The van der Waals surface area contributed by atoms with Gasteiger partial charge in [0.25, 0.3) is 0 Å². The number of amides is 2. The number of sulfonamides is 1. The second-order valence-corrected chi connectivity index (χ2v) is 8.26. The molecule has 0 unspecified atom stereocenters. The van der Waals surface area contributed by atoms with Crippen molar-refractivity contribution in [3.05, 3.63) is 37.1 Å². The van der Waals surface area contributed by atoms with Crippen LogP contribution in [-0.4, -0.2) is 71.9 Å². The standard InChI is InChI=1S/C18H23N5O4S/c1-3-17(24)19-13-18(25)21-8-10-22(11-9-21)28(26,27)16-7-5-6-15-14(16)12-20-23(15)4-2/h3,5-7,12H,1,4,8-11,13H2,2H3,(H,19,24). The van der Waals surface area contributed by atoms with Gasteiger partial charge in [-0.25, -0.2) is 8.42 Å². The van der Waals surface area contributed by atoms with E-state index in [1.165, 1.54) is 4.31 Å². The highest BCUT2D eigenvalue weighted by Gasteiger charge is 2.31. The van der Waals surface area contributed by atoms with Crippen LogP contribution < -0.4 is 5.32 Å². The molecule has 9 nitrogen and oxygen atoms in total. The van der Waals surface area contributed by atoms with E-state index in [2.05, 4.69) is 17.0 Å². The van der Waals surface area contributed by atoms with Crippen molar-refractivity contribution in [1.29, 1.82) is 0 Å². The summed E-state index contributed by atoms with van der Waals surface area (Å²) in [5, 5.41) is 7.28. The Labute approximate surface area is 163 Å². The van der Waals surface area contributed by atoms with Gasteiger partial charge in [-0.2, -0.15) is 9.40 Å². The number of aryl methyl sites for hydroxylation is 1. The van der Waals surface area contributed by atoms with Crippen LogP contribution in [0.25, 0.3) is 10.9 Å². The summed E-state index contributed by atoms with van der Waals surface area (Å²) in [5.41, 5.74) is 0.773. The maximum atomic E-state index is 13.1. The highest BCUT2D eigenvalue weighted by atomic mass is 32.2. The van der Waals surface area contributed by atoms with Crippen molar-refractivity contribution < 1.29 is 18.0 Å². The quantitative estimate of drug-likeness (QED) is 0.691. The van der Waals surface area contributed by atoms with Crippen LogP contribution in [0.1, 0.15) is 6.92 Å². The molecule has 1 aromatic carbocycles. The minimum atomic E-state index is -3.70. The summed E-state index contributed by atoms with van der Waals surface area (Å²) in [7, 11) is -3.70. The molecule has 1 N–H and O–H groups in total. The first-order chi connectivity index (χ1) is 13.4. The van der Waals surface area contributed by atoms with Gasteiger partial charge in [-0.1, -0.05) is 12.6 Å². The second kappa shape index (κ2) is 8.11. The fourth-order valence-electron chi connectivity index (χ4n) is 3.22. The Morgan fingerprint density at radius 3 is 2.61 bits per heavy atom. The summed E-state index contributed by atoms with van der Waals surface area (Å²) in [5.74, 6) is -0.672. The van der Waals surface area contributed by atoms with Crippen molar-refractivity contribution in [2.24, 2.45) is 0 Å². The Bertz CT molecular complexity index is 1010. The van der Waals surface area contributed by atoms with Crippen LogP contribution in [0.5, 0.6) is 0 Å². The fraction of sp³-hybridized carbons (Fsp3) is 0.389. The predicted octanol–water partition coefficient (Wildman–Crippen LogP) is 0.191. The first kappa shape index (κ1) is 20.0. The number of carbonyl (C=O) groups excluding carboxylic acids is 2. The second-order valence-electron chi connectivity index (χ2n) is 6.36. The Balaban J connectivity index is 1.72. The van der Waals surface area contributed by atoms with Gasteiger partial charge in [0, 0.05) is 38.1 Å². The van der Waals surface area contributed by atoms with E-state index in [4.69, 9.17) is 0 Å². The number of piperazine rings is 1. The first-order valence-corrected chi connectivity index (χ1v) is 10.4. The van der Waals surface area contributed by atoms with Crippen LogP contribution in [0.3, 0.4) is 0 Å². The minimum absolute atomic E-state index is 0.132. The van der Waals surface area contributed by atoms with Crippen molar-refractivity contribution in [2.75, 3.05) is 32.7 Å². The zero-order chi connectivity index (χ0) is 20.3. The van der Waals surface area contributed by atoms with Gasteiger partial charge in [0.1, 0.15) is 0 Å². The number of rotatable bonds is 6. The summed E-state index contributed by atoms with van der Waals surface area (Å²) < 4.78 is 29.4. The third-order valence-electron chi connectivity index (χ3n) is 4.76. The normalized spacial score (nSPS) is 15.5. The summed E-state index contributed by atoms with van der Waals surface area (Å²) in [6.45, 7) is 6.72. The lowest BCUT2D eigenvalue weighted by molar-refractivity contribution is -0.133. The van der Waals surface area contributed by atoms with Crippen molar-refractivity contribution in [2.45, 2.75) is 18.4 Å². The molecule has 0 bridgehead atoms. The number of carbonyl (C=O) groups is 2. The summed E-state index contributed by atoms with van der Waals surface area (Å²) in [4.78, 5) is 25.1. The Kier molecular flexibility index (Phi) is 5.80. The average molecular weight is 405 g/mol. The molecule has 0 spiro atoms. The zero-order valence-corrected chi connectivity index (χ0v) is 16.5. The molecular formula is C18H23N5O4S. The molecule has 28 heavy (non-hydrogen) atoms. The fourth-order valence-corrected chi connectivity index (χ4v) is 4.83. The zero-order valence-electron chi connectivity index (χ0n) is 15.7. The van der Waals surface area contributed by atoms with Gasteiger partial charge in [0.2, 0.25) is 21.8 Å². The monoisotopic (exact) mass is 405 g/mol. The van der Waals surface area contributed by atoms with Crippen molar-refractivity contribution in [1.82, 2.24) is 24.3 Å². The highest BCUT2D eigenvalue weighted by molar-refractivity contribution is 7.89. The molecule has 1 saturated heterocycles. The number of benzene rings is 1. The molecule has 0 atom stereocenters. The van der Waals surface area contributed by atoms with Crippen LogP contribution in [0, 0.1) is 0 Å². The number of nitrogens with one attached hydrogen (secondary N) is 1. The van der Waals surface area contributed by atoms with E-state index in [0.717, 1.165) is 11.6 Å². The largest absolute Gasteiger partial charge is 0.343 e. The average Bonchev–Trinajstić information content (AvgIpc) is 3.14. The number of fused-ring (bicyclic) bond motifs is 1. The molecule has 2 heterocycles. The third kappa shape index (κ3) is 3.78. The van der Waals surface area contributed by atoms with Gasteiger partial charge in [-0.3, -0.25) is 14.3 Å². The van der Waals surface area contributed by atoms with Crippen LogP contribution >= 0.6 is 0 Å². The van der Waals surface area contributed by atoms with Crippen molar-refractivity contribution in [3.8, 4) is 0 Å². The molecule has 150 valence electrons. The smallest absolute Gasteiger partial charge is 0.243 e. The maximum Gasteiger partial charge on any atom is 0.243 e. The van der Waals surface area contributed by atoms with Crippen molar-refractivity contribution >= 4 is 32.7 Å². The third-order valence-corrected chi connectivity index (χ3v) is 6.71. The maximum absolute atomic E-state index is 13.1. The molecule has 0 saturated carbocycles. The van der Waals surface area contributed by atoms with Crippen molar-refractivity contribution in [3.63, 3.8) is 0 Å². The molecule has 10 heteroatoms. The van der Waals surface area contributed by atoms with Gasteiger partial charge in [-0.15, -0.1) is 0 Å². The number of nitrogens with zero attached hydrogens (tertiary/aromatic N) is 4. The Morgan fingerprint density at radius 1 is 1.25 bits per heavy atom. The number of hydrogen-bond acceptors (Lipinski definition) is 5. The molecule has 3 rings (SSSR count). The topological polar surface area (TPSA) is 105 Å². The molecule has 1 aliphatic rings. The molecule has 2 aromatic rings. The molecule has 1 fully saturated rings. The van der Waals surface area contributed by atoms with Gasteiger partial charge in [-0.05, 0) is 25.1 Å². The predicted molar refractivity (Wildman–Crippen MR) is 104 cm³/mol. The van der Waals surface area contributed by atoms with Gasteiger partial charge >= 0.3 is 0 Å². The molecule has 0 aliphatic carbocycles. The van der Waals surface area contributed by atoms with Crippen LogP contribution in [0.4, 0.5) is 0 Å². The Morgan fingerprint density at radius 2 is 1.96 bits per heavy atom. The first-order valence-electron chi connectivity index (χ1n) is 9.01. The summed E-state index contributed by atoms with van der Waals surface area (Å²) in [6.07, 6.45) is 2.67. The lowest BCUT2D eigenvalue weighted by Crippen LogP contribution is -2.52.